The summed E-state index contributed by atoms with van der Waals surface area (Å²) in [5.41, 5.74) is 1.35. The number of thiophene rings is 1. The molecule has 0 aliphatic carbocycles. The number of carbonyl (C=O) groups excluding carboxylic acids is 1. The van der Waals surface area contributed by atoms with Crippen LogP contribution in [-0.4, -0.2) is 18.1 Å². The predicted octanol–water partition coefficient (Wildman–Crippen LogP) is 2.86. The van der Waals surface area contributed by atoms with E-state index in [1.54, 1.807) is 35.9 Å². The van der Waals surface area contributed by atoms with Gasteiger partial charge in [-0.1, -0.05) is 6.07 Å². The van der Waals surface area contributed by atoms with Crippen LogP contribution >= 0.6 is 11.3 Å². The molecule has 0 atom stereocenters. The van der Waals surface area contributed by atoms with Crippen molar-refractivity contribution >= 4 is 29.0 Å². The number of hydrogen-bond donors (Lipinski definition) is 0. The zero-order chi connectivity index (χ0) is 12.1. The minimum absolute atomic E-state index is 0.343. The molecule has 2 rings (SSSR count). The van der Waals surface area contributed by atoms with Gasteiger partial charge in [0.05, 0.1) is 12.7 Å². The van der Waals surface area contributed by atoms with Gasteiger partial charge in [0.1, 0.15) is 0 Å². The fraction of sp³-hybridized carbons (Fsp3) is 0.0769. The quantitative estimate of drug-likeness (QED) is 0.616. The Balaban J connectivity index is 2.43. The van der Waals surface area contributed by atoms with Gasteiger partial charge in [-0.3, -0.25) is 4.98 Å². The van der Waals surface area contributed by atoms with Gasteiger partial charge in [-0.2, -0.15) is 0 Å². The molecule has 0 spiro atoms. The molecule has 0 fully saturated rings. The van der Waals surface area contributed by atoms with Gasteiger partial charge in [-0.05, 0) is 35.2 Å². The lowest BCUT2D eigenvalue weighted by Gasteiger charge is -2.04. The van der Waals surface area contributed by atoms with E-state index in [4.69, 9.17) is 4.74 Å². The third-order valence-corrected chi connectivity index (χ3v) is 3.05. The van der Waals surface area contributed by atoms with Crippen molar-refractivity contribution in [2.45, 2.75) is 0 Å². The lowest BCUT2D eigenvalue weighted by molar-refractivity contribution is -0.133. The van der Waals surface area contributed by atoms with Gasteiger partial charge < -0.3 is 4.74 Å². The van der Waals surface area contributed by atoms with Crippen molar-refractivity contribution in [3.8, 4) is 0 Å². The first-order valence-corrected chi connectivity index (χ1v) is 5.93. The number of esters is 1. The van der Waals surface area contributed by atoms with Crippen LogP contribution in [0.25, 0.3) is 11.6 Å². The molecular weight excluding hydrogens is 234 g/mol. The summed E-state index contributed by atoms with van der Waals surface area (Å²) in [7, 11) is 1.38. The third-order valence-electron chi connectivity index (χ3n) is 2.23. The van der Waals surface area contributed by atoms with E-state index in [0.29, 0.717) is 5.57 Å². The normalized spacial score (nSPS) is 11.2. The molecule has 2 aromatic heterocycles. The zero-order valence-corrected chi connectivity index (χ0v) is 10.1. The molecule has 4 heteroatoms. The number of methoxy groups -OCH3 is 1. The minimum atomic E-state index is -0.343. The number of rotatable bonds is 3. The highest BCUT2D eigenvalue weighted by atomic mass is 32.1. The highest BCUT2D eigenvalue weighted by Crippen LogP contribution is 2.21. The van der Waals surface area contributed by atoms with Crippen LogP contribution in [0.5, 0.6) is 0 Å². The van der Waals surface area contributed by atoms with Crippen LogP contribution in [-0.2, 0) is 9.53 Å². The summed E-state index contributed by atoms with van der Waals surface area (Å²) in [4.78, 5) is 16.7. The van der Waals surface area contributed by atoms with Gasteiger partial charge in [0, 0.05) is 17.3 Å². The maximum absolute atomic E-state index is 11.7. The second kappa shape index (κ2) is 5.41. The standard InChI is InChI=1S/C13H11NO2S/c1-16-13(15)12(9-11-3-2-8-17-11)10-4-6-14-7-5-10/h2-9H,1H3. The van der Waals surface area contributed by atoms with E-state index in [9.17, 15) is 4.79 Å². The highest BCUT2D eigenvalue weighted by Gasteiger charge is 2.12. The Hall–Kier alpha value is -1.94. The molecule has 86 valence electrons. The molecular formula is C13H11NO2S. The Morgan fingerprint density at radius 1 is 1.35 bits per heavy atom. The smallest absolute Gasteiger partial charge is 0.338 e. The summed E-state index contributed by atoms with van der Waals surface area (Å²) in [5, 5.41) is 1.97. The zero-order valence-electron chi connectivity index (χ0n) is 9.29. The monoisotopic (exact) mass is 245 g/mol. The Morgan fingerprint density at radius 2 is 2.12 bits per heavy atom. The molecule has 0 aliphatic heterocycles. The summed E-state index contributed by atoms with van der Waals surface area (Å²) in [6.07, 6.45) is 5.13. The number of aromatic nitrogens is 1. The van der Waals surface area contributed by atoms with Crippen LogP contribution in [0, 0.1) is 0 Å². The van der Waals surface area contributed by atoms with E-state index in [1.807, 2.05) is 23.6 Å². The van der Waals surface area contributed by atoms with Crippen molar-refractivity contribution < 1.29 is 9.53 Å². The minimum Gasteiger partial charge on any atom is -0.465 e. The summed E-state index contributed by atoms with van der Waals surface area (Å²) >= 11 is 1.57. The van der Waals surface area contributed by atoms with Crippen LogP contribution < -0.4 is 0 Å². The van der Waals surface area contributed by atoms with E-state index < -0.39 is 0 Å². The molecule has 3 nitrogen and oxygen atoms in total. The molecule has 0 amide bonds. The van der Waals surface area contributed by atoms with Crippen molar-refractivity contribution in [3.05, 3.63) is 52.5 Å². The Bertz CT molecular complexity index is 518. The lowest BCUT2D eigenvalue weighted by atomic mass is 10.1. The van der Waals surface area contributed by atoms with Crippen LogP contribution in [0.3, 0.4) is 0 Å². The maximum atomic E-state index is 11.7. The van der Waals surface area contributed by atoms with Crippen molar-refractivity contribution in [3.63, 3.8) is 0 Å². The fourth-order valence-corrected chi connectivity index (χ4v) is 2.07. The number of pyridine rings is 1. The first-order chi connectivity index (χ1) is 8.31. The topological polar surface area (TPSA) is 39.2 Å². The van der Waals surface area contributed by atoms with Crippen LogP contribution in [0.15, 0.2) is 42.0 Å². The van der Waals surface area contributed by atoms with Crippen LogP contribution in [0.1, 0.15) is 10.4 Å². The van der Waals surface area contributed by atoms with E-state index in [-0.39, 0.29) is 5.97 Å². The summed E-state index contributed by atoms with van der Waals surface area (Å²) in [6, 6.07) is 7.47. The first-order valence-electron chi connectivity index (χ1n) is 5.05. The van der Waals surface area contributed by atoms with E-state index in [2.05, 4.69) is 4.98 Å². The SMILES string of the molecule is COC(=O)C(=Cc1cccs1)c1ccncc1. The highest BCUT2D eigenvalue weighted by molar-refractivity contribution is 7.10. The van der Waals surface area contributed by atoms with E-state index >= 15 is 0 Å². The molecule has 0 saturated carbocycles. The Labute approximate surface area is 103 Å². The largest absolute Gasteiger partial charge is 0.465 e. The van der Waals surface area contributed by atoms with E-state index in [0.717, 1.165) is 10.4 Å². The molecule has 0 saturated heterocycles. The summed E-state index contributed by atoms with van der Waals surface area (Å²) in [6.45, 7) is 0. The summed E-state index contributed by atoms with van der Waals surface area (Å²) in [5.74, 6) is -0.343. The second-order valence-corrected chi connectivity index (χ2v) is 4.28. The molecule has 0 N–H and O–H groups in total. The molecule has 0 aromatic carbocycles. The van der Waals surface area contributed by atoms with Crippen molar-refractivity contribution in [2.75, 3.05) is 7.11 Å². The van der Waals surface area contributed by atoms with Gasteiger partial charge in [-0.15, -0.1) is 11.3 Å². The predicted molar refractivity (Wildman–Crippen MR) is 68.4 cm³/mol. The number of ether oxygens (including phenoxy) is 1. The molecule has 0 unspecified atom stereocenters. The number of carbonyl (C=O) groups is 1. The first kappa shape index (κ1) is 11.5. The third kappa shape index (κ3) is 2.79. The molecule has 2 aromatic rings. The van der Waals surface area contributed by atoms with Crippen molar-refractivity contribution in [2.24, 2.45) is 0 Å². The van der Waals surface area contributed by atoms with Gasteiger partial charge >= 0.3 is 5.97 Å². The molecule has 0 bridgehead atoms. The van der Waals surface area contributed by atoms with Gasteiger partial charge in [0.2, 0.25) is 0 Å². The van der Waals surface area contributed by atoms with Gasteiger partial charge in [0.15, 0.2) is 0 Å². The van der Waals surface area contributed by atoms with Crippen LogP contribution in [0.2, 0.25) is 0 Å². The Kier molecular flexibility index (Phi) is 3.67. The average Bonchev–Trinajstić information content (AvgIpc) is 2.89. The van der Waals surface area contributed by atoms with E-state index in [1.165, 1.54) is 7.11 Å². The van der Waals surface area contributed by atoms with Crippen LogP contribution in [0.4, 0.5) is 0 Å². The van der Waals surface area contributed by atoms with Crippen molar-refractivity contribution in [1.29, 1.82) is 0 Å². The number of hydrogen-bond acceptors (Lipinski definition) is 4. The second-order valence-electron chi connectivity index (χ2n) is 3.30. The molecule has 0 aliphatic rings. The fourth-order valence-electron chi connectivity index (χ4n) is 1.42. The number of nitrogens with zero attached hydrogens (tertiary/aromatic N) is 1. The van der Waals surface area contributed by atoms with Gasteiger partial charge in [0.25, 0.3) is 0 Å². The van der Waals surface area contributed by atoms with Gasteiger partial charge in [-0.25, -0.2) is 4.79 Å². The average molecular weight is 245 g/mol. The molecule has 0 radical (unpaired) electrons. The summed E-state index contributed by atoms with van der Waals surface area (Å²) < 4.78 is 4.79. The molecule has 17 heavy (non-hydrogen) atoms. The lowest BCUT2D eigenvalue weighted by Crippen LogP contribution is -2.03. The molecule has 2 heterocycles. The maximum Gasteiger partial charge on any atom is 0.338 e. The van der Waals surface area contributed by atoms with Crippen molar-refractivity contribution in [1.82, 2.24) is 4.98 Å². The Morgan fingerprint density at radius 3 is 2.71 bits per heavy atom.